The van der Waals surface area contributed by atoms with Crippen LogP contribution in [-0.2, 0) is 4.79 Å². The highest BCUT2D eigenvalue weighted by molar-refractivity contribution is 6.30. The Hall–Kier alpha value is -2.21. The van der Waals surface area contributed by atoms with Crippen molar-refractivity contribution in [3.05, 3.63) is 46.8 Å². The quantitative estimate of drug-likeness (QED) is 0.881. The van der Waals surface area contributed by atoms with E-state index in [0.717, 1.165) is 24.2 Å². The summed E-state index contributed by atoms with van der Waals surface area (Å²) in [4.78, 5) is 14.1. The highest BCUT2D eigenvalue weighted by Gasteiger charge is 2.25. The molecular formula is C15H16ClN5O. The second-order valence-corrected chi connectivity index (χ2v) is 5.69. The van der Waals surface area contributed by atoms with Crippen LogP contribution < -0.4 is 0 Å². The molecule has 1 aliphatic rings. The number of amides is 1. The van der Waals surface area contributed by atoms with Gasteiger partial charge < -0.3 is 4.90 Å². The molecule has 0 saturated carbocycles. The lowest BCUT2D eigenvalue weighted by Crippen LogP contribution is -2.37. The summed E-state index contributed by atoms with van der Waals surface area (Å²) in [6, 6.07) is 7.41. The molecule has 114 valence electrons. The largest absolute Gasteiger partial charge is 0.339 e. The lowest BCUT2D eigenvalue weighted by Gasteiger charge is -2.29. The first-order chi connectivity index (χ1) is 10.7. The first kappa shape index (κ1) is 14.7. The van der Waals surface area contributed by atoms with E-state index >= 15 is 0 Å². The van der Waals surface area contributed by atoms with Gasteiger partial charge in [0.1, 0.15) is 0 Å². The molecule has 1 aliphatic heterocycles. The van der Waals surface area contributed by atoms with Crippen LogP contribution in [0, 0.1) is 0 Å². The van der Waals surface area contributed by atoms with E-state index in [1.807, 2.05) is 29.2 Å². The molecule has 1 N–H and O–H groups in total. The van der Waals surface area contributed by atoms with E-state index in [9.17, 15) is 4.79 Å². The number of aromatic nitrogens is 4. The third-order valence-corrected chi connectivity index (χ3v) is 4.04. The van der Waals surface area contributed by atoms with E-state index in [0.29, 0.717) is 18.1 Å². The fourth-order valence-electron chi connectivity index (χ4n) is 2.58. The summed E-state index contributed by atoms with van der Waals surface area (Å²) in [6.07, 6.45) is 5.10. The number of nitrogens with zero attached hydrogens (tertiary/aromatic N) is 4. The van der Waals surface area contributed by atoms with Crippen LogP contribution in [0.4, 0.5) is 0 Å². The zero-order valence-corrected chi connectivity index (χ0v) is 12.7. The maximum Gasteiger partial charge on any atom is 0.246 e. The predicted molar refractivity (Wildman–Crippen MR) is 83.2 cm³/mol. The SMILES string of the molecule is O=C(/C=C/c1cccc(Cl)c1)N1CCC(c2nn[nH]n2)CC1. The van der Waals surface area contributed by atoms with Crippen LogP contribution in [-0.4, -0.2) is 44.5 Å². The first-order valence-corrected chi connectivity index (χ1v) is 7.56. The molecule has 2 heterocycles. The first-order valence-electron chi connectivity index (χ1n) is 7.18. The zero-order chi connectivity index (χ0) is 15.4. The molecule has 2 aromatic rings. The van der Waals surface area contributed by atoms with Gasteiger partial charge in [-0.3, -0.25) is 4.79 Å². The van der Waals surface area contributed by atoms with Gasteiger partial charge in [-0.25, -0.2) is 0 Å². The maximum absolute atomic E-state index is 12.2. The van der Waals surface area contributed by atoms with Gasteiger partial charge in [-0.1, -0.05) is 28.9 Å². The molecule has 0 spiro atoms. The van der Waals surface area contributed by atoms with Gasteiger partial charge >= 0.3 is 0 Å². The molecule has 1 fully saturated rings. The van der Waals surface area contributed by atoms with Crippen LogP contribution in [0.2, 0.25) is 5.02 Å². The number of hydrogen-bond donors (Lipinski definition) is 1. The number of carbonyl (C=O) groups is 1. The average molecular weight is 318 g/mol. The van der Waals surface area contributed by atoms with Gasteiger partial charge in [0.25, 0.3) is 0 Å². The Labute approximate surface area is 133 Å². The number of hydrogen-bond acceptors (Lipinski definition) is 4. The second kappa shape index (κ2) is 6.70. The minimum absolute atomic E-state index is 0.0199. The standard InChI is InChI=1S/C15H16ClN5O/c16-13-3-1-2-11(10-13)4-5-14(22)21-8-6-12(7-9-21)15-17-19-20-18-15/h1-5,10,12H,6-9H2,(H,17,18,19,20)/b5-4+. The Morgan fingerprint density at radius 1 is 1.36 bits per heavy atom. The van der Waals surface area contributed by atoms with Gasteiger partial charge in [-0.15, -0.1) is 10.2 Å². The predicted octanol–water partition coefficient (Wildman–Crippen LogP) is 2.27. The molecule has 0 aliphatic carbocycles. The summed E-state index contributed by atoms with van der Waals surface area (Å²) < 4.78 is 0. The van der Waals surface area contributed by atoms with E-state index < -0.39 is 0 Å². The second-order valence-electron chi connectivity index (χ2n) is 5.26. The van der Waals surface area contributed by atoms with E-state index in [1.54, 1.807) is 12.2 Å². The Morgan fingerprint density at radius 2 is 2.18 bits per heavy atom. The summed E-state index contributed by atoms with van der Waals surface area (Å²) in [6.45, 7) is 1.41. The number of H-pyrrole nitrogens is 1. The van der Waals surface area contributed by atoms with Crippen LogP contribution in [0.1, 0.15) is 30.1 Å². The fourth-order valence-corrected chi connectivity index (χ4v) is 2.78. The minimum Gasteiger partial charge on any atom is -0.339 e. The Balaban J connectivity index is 1.56. The lowest BCUT2D eigenvalue weighted by atomic mass is 9.96. The molecule has 3 rings (SSSR count). The highest BCUT2D eigenvalue weighted by atomic mass is 35.5. The number of piperidine rings is 1. The number of aromatic amines is 1. The molecule has 7 heteroatoms. The monoisotopic (exact) mass is 317 g/mol. The van der Waals surface area contributed by atoms with Crippen LogP contribution >= 0.6 is 11.6 Å². The van der Waals surface area contributed by atoms with E-state index in [1.165, 1.54) is 0 Å². The van der Waals surface area contributed by atoms with Crippen molar-refractivity contribution in [2.45, 2.75) is 18.8 Å². The average Bonchev–Trinajstić information content (AvgIpc) is 3.07. The van der Waals surface area contributed by atoms with Gasteiger partial charge in [0.05, 0.1) is 0 Å². The number of nitrogens with one attached hydrogen (secondary N) is 1. The van der Waals surface area contributed by atoms with Crippen LogP contribution in [0.5, 0.6) is 0 Å². The van der Waals surface area contributed by atoms with Crippen molar-refractivity contribution in [3.8, 4) is 0 Å². The number of tetrazole rings is 1. The molecule has 1 aromatic heterocycles. The molecule has 1 amide bonds. The molecule has 0 radical (unpaired) electrons. The Kier molecular flexibility index (Phi) is 4.48. The minimum atomic E-state index is 0.0199. The summed E-state index contributed by atoms with van der Waals surface area (Å²) in [5, 5.41) is 14.8. The van der Waals surface area contributed by atoms with E-state index in [-0.39, 0.29) is 11.8 Å². The van der Waals surface area contributed by atoms with Crippen molar-refractivity contribution >= 4 is 23.6 Å². The fraction of sp³-hybridized carbons (Fsp3) is 0.333. The maximum atomic E-state index is 12.2. The van der Waals surface area contributed by atoms with Crippen LogP contribution in [0.25, 0.3) is 6.08 Å². The summed E-state index contributed by atoms with van der Waals surface area (Å²) >= 11 is 5.93. The van der Waals surface area contributed by atoms with Crippen LogP contribution in [0.3, 0.4) is 0 Å². The number of halogens is 1. The van der Waals surface area contributed by atoms with Gasteiger partial charge in [0.15, 0.2) is 5.82 Å². The molecule has 1 saturated heterocycles. The topological polar surface area (TPSA) is 74.8 Å². The third kappa shape index (κ3) is 3.51. The molecule has 0 atom stereocenters. The van der Waals surface area contributed by atoms with Crippen molar-refractivity contribution in [2.24, 2.45) is 0 Å². The molecule has 0 unspecified atom stereocenters. The van der Waals surface area contributed by atoms with Crippen molar-refractivity contribution in [2.75, 3.05) is 13.1 Å². The Bertz CT molecular complexity index is 662. The van der Waals surface area contributed by atoms with Gasteiger partial charge in [-0.05, 0) is 36.6 Å². The van der Waals surface area contributed by atoms with Crippen molar-refractivity contribution in [3.63, 3.8) is 0 Å². The number of likely N-dealkylation sites (tertiary alicyclic amines) is 1. The van der Waals surface area contributed by atoms with Crippen molar-refractivity contribution < 1.29 is 4.79 Å². The number of rotatable bonds is 3. The molecule has 1 aromatic carbocycles. The van der Waals surface area contributed by atoms with Gasteiger partial charge in [0, 0.05) is 30.1 Å². The number of benzene rings is 1. The van der Waals surface area contributed by atoms with Crippen molar-refractivity contribution in [1.82, 2.24) is 25.5 Å². The highest BCUT2D eigenvalue weighted by Crippen LogP contribution is 2.24. The normalized spacial score (nSPS) is 16.3. The van der Waals surface area contributed by atoms with Crippen molar-refractivity contribution in [1.29, 1.82) is 0 Å². The third-order valence-electron chi connectivity index (χ3n) is 3.80. The summed E-state index contributed by atoms with van der Waals surface area (Å²) in [7, 11) is 0. The van der Waals surface area contributed by atoms with Gasteiger partial charge in [-0.2, -0.15) is 5.21 Å². The van der Waals surface area contributed by atoms with E-state index in [4.69, 9.17) is 11.6 Å². The molecule has 0 bridgehead atoms. The summed E-state index contributed by atoms with van der Waals surface area (Å²) in [5.41, 5.74) is 0.919. The molecule has 6 nitrogen and oxygen atoms in total. The molecule has 22 heavy (non-hydrogen) atoms. The van der Waals surface area contributed by atoms with Crippen LogP contribution in [0.15, 0.2) is 30.3 Å². The molecular weight excluding hydrogens is 302 g/mol. The Morgan fingerprint density at radius 3 is 2.86 bits per heavy atom. The van der Waals surface area contributed by atoms with E-state index in [2.05, 4.69) is 20.6 Å². The zero-order valence-electron chi connectivity index (χ0n) is 11.9. The smallest absolute Gasteiger partial charge is 0.246 e. The summed E-state index contributed by atoms with van der Waals surface area (Å²) in [5.74, 6) is 1.04. The number of carbonyl (C=O) groups excluding carboxylic acids is 1. The lowest BCUT2D eigenvalue weighted by molar-refractivity contribution is -0.127. The van der Waals surface area contributed by atoms with Gasteiger partial charge in [0.2, 0.25) is 5.91 Å².